The molecule has 2 N–H and O–H groups in total. The highest BCUT2D eigenvalue weighted by Crippen LogP contribution is 2.22. The van der Waals surface area contributed by atoms with Crippen molar-refractivity contribution in [1.82, 2.24) is 15.2 Å². The van der Waals surface area contributed by atoms with Gasteiger partial charge in [0.05, 0.1) is 17.0 Å². The first-order valence-corrected chi connectivity index (χ1v) is 6.24. The number of benzene rings is 1. The van der Waals surface area contributed by atoms with Crippen molar-refractivity contribution >= 4 is 27.8 Å². The number of halogens is 1. The Morgan fingerprint density at radius 3 is 2.63 bits per heavy atom. The summed E-state index contributed by atoms with van der Waals surface area (Å²) in [7, 11) is 0. The summed E-state index contributed by atoms with van der Waals surface area (Å²) < 4.78 is 0.686. The number of aryl methyl sites for hydroxylation is 2. The van der Waals surface area contributed by atoms with E-state index >= 15 is 0 Å². The molecule has 0 unspecified atom stereocenters. The van der Waals surface area contributed by atoms with E-state index in [-0.39, 0.29) is 17.3 Å². The molecule has 98 valence electrons. The summed E-state index contributed by atoms with van der Waals surface area (Å²) in [5.41, 5.74) is 1.53. The first-order valence-electron chi connectivity index (χ1n) is 5.45. The Labute approximate surface area is 118 Å². The lowest BCUT2D eigenvalue weighted by Crippen LogP contribution is -2.15. The summed E-state index contributed by atoms with van der Waals surface area (Å²) in [4.78, 5) is 16.0. The Kier molecular flexibility index (Phi) is 3.75. The van der Waals surface area contributed by atoms with Gasteiger partial charge in [0.15, 0.2) is 0 Å². The summed E-state index contributed by atoms with van der Waals surface area (Å²) >= 11 is 3.20. The number of nitrogens with zero attached hydrogens (tertiary/aromatic N) is 3. The molecule has 7 heteroatoms. The van der Waals surface area contributed by atoms with Crippen LogP contribution in [-0.4, -0.2) is 26.2 Å². The standard InChI is InChI=1S/C12H11BrN4O2/c1-6-7(2)16-17-12(14-6)15-11(19)9-4-3-8(13)5-10(9)18/h3-5,18H,1-2H3,(H,14,15,17,19). The number of phenols is 1. The van der Waals surface area contributed by atoms with Gasteiger partial charge < -0.3 is 5.11 Å². The first kappa shape index (κ1) is 13.4. The highest BCUT2D eigenvalue weighted by atomic mass is 79.9. The van der Waals surface area contributed by atoms with Gasteiger partial charge in [-0.25, -0.2) is 4.98 Å². The van der Waals surface area contributed by atoms with Crippen molar-refractivity contribution in [2.24, 2.45) is 0 Å². The summed E-state index contributed by atoms with van der Waals surface area (Å²) in [6, 6.07) is 4.60. The predicted molar refractivity (Wildman–Crippen MR) is 73.1 cm³/mol. The van der Waals surface area contributed by atoms with Gasteiger partial charge in [-0.1, -0.05) is 15.9 Å². The van der Waals surface area contributed by atoms with Gasteiger partial charge in [0.2, 0.25) is 5.95 Å². The molecule has 0 saturated heterocycles. The second-order valence-corrected chi connectivity index (χ2v) is 4.84. The van der Waals surface area contributed by atoms with Crippen molar-refractivity contribution in [2.45, 2.75) is 13.8 Å². The minimum atomic E-state index is -0.491. The molecule has 1 amide bonds. The third-order valence-electron chi connectivity index (χ3n) is 2.52. The van der Waals surface area contributed by atoms with Gasteiger partial charge in [0.1, 0.15) is 5.75 Å². The number of anilines is 1. The molecule has 0 bridgehead atoms. The zero-order valence-electron chi connectivity index (χ0n) is 10.3. The Balaban J connectivity index is 2.23. The van der Waals surface area contributed by atoms with Gasteiger partial charge in [-0.3, -0.25) is 10.1 Å². The van der Waals surface area contributed by atoms with Crippen LogP contribution in [-0.2, 0) is 0 Å². The molecule has 1 aromatic heterocycles. The number of hydrogen-bond donors (Lipinski definition) is 2. The molecule has 0 aliphatic heterocycles. The number of nitrogens with one attached hydrogen (secondary N) is 1. The number of carbonyl (C=O) groups excluding carboxylic acids is 1. The van der Waals surface area contributed by atoms with Gasteiger partial charge in [0, 0.05) is 4.47 Å². The van der Waals surface area contributed by atoms with Crippen molar-refractivity contribution in [3.05, 3.63) is 39.6 Å². The highest BCUT2D eigenvalue weighted by Gasteiger charge is 2.13. The third kappa shape index (κ3) is 3.05. The molecule has 0 aliphatic carbocycles. The molecular formula is C12H11BrN4O2. The molecule has 1 aromatic carbocycles. The van der Waals surface area contributed by atoms with E-state index in [1.165, 1.54) is 12.1 Å². The molecule has 1 heterocycles. The molecule has 0 fully saturated rings. The van der Waals surface area contributed by atoms with Crippen LogP contribution < -0.4 is 5.32 Å². The van der Waals surface area contributed by atoms with Crippen LogP contribution in [0.15, 0.2) is 22.7 Å². The molecular weight excluding hydrogens is 312 g/mol. The molecule has 2 rings (SSSR count). The number of rotatable bonds is 2. The van der Waals surface area contributed by atoms with Crippen LogP contribution in [0, 0.1) is 13.8 Å². The lowest BCUT2D eigenvalue weighted by molar-refractivity contribution is 0.102. The largest absolute Gasteiger partial charge is 0.507 e. The molecule has 0 saturated carbocycles. The number of phenolic OH excluding ortho intramolecular Hbond substituents is 1. The number of carbonyl (C=O) groups is 1. The smallest absolute Gasteiger partial charge is 0.261 e. The van der Waals surface area contributed by atoms with E-state index in [2.05, 4.69) is 36.4 Å². The number of hydrogen-bond acceptors (Lipinski definition) is 5. The van der Waals surface area contributed by atoms with Crippen LogP contribution >= 0.6 is 15.9 Å². The van der Waals surface area contributed by atoms with E-state index in [4.69, 9.17) is 0 Å². The van der Waals surface area contributed by atoms with Crippen LogP contribution in [0.25, 0.3) is 0 Å². The third-order valence-corrected chi connectivity index (χ3v) is 3.01. The van der Waals surface area contributed by atoms with E-state index in [9.17, 15) is 9.90 Å². The number of aromatic hydroxyl groups is 1. The van der Waals surface area contributed by atoms with Gasteiger partial charge in [-0.15, -0.1) is 5.10 Å². The summed E-state index contributed by atoms with van der Waals surface area (Å²) in [6.07, 6.45) is 0. The predicted octanol–water partition coefficient (Wildman–Crippen LogP) is 2.21. The topological polar surface area (TPSA) is 88.0 Å². The minimum absolute atomic E-state index is 0.107. The summed E-state index contributed by atoms with van der Waals surface area (Å²) in [5, 5.41) is 19.8. The zero-order chi connectivity index (χ0) is 14.0. The van der Waals surface area contributed by atoms with Crippen molar-refractivity contribution in [3.63, 3.8) is 0 Å². The SMILES string of the molecule is Cc1nnc(NC(=O)c2ccc(Br)cc2O)nc1C. The summed E-state index contributed by atoms with van der Waals surface area (Å²) in [5.74, 6) is -0.505. The fourth-order valence-corrected chi connectivity index (χ4v) is 1.72. The Bertz CT molecular complexity index is 646. The zero-order valence-corrected chi connectivity index (χ0v) is 11.9. The fourth-order valence-electron chi connectivity index (χ4n) is 1.38. The van der Waals surface area contributed by atoms with E-state index < -0.39 is 5.91 Å². The molecule has 0 aliphatic rings. The van der Waals surface area contributed by atoms with Crippen molar-refractivity contribution in [3.8, 4) is 5.75 Å². The van der Waals surface area contributed by atoms with E-state index in [1.807, 2.05) is 0 Å². The van der Waals surface area contributed by atoms with E-state index in [0.717, 1.165) is 0 Å². The van der Waals surface area contributed by atoms with E-state index in [1.54, 1.807) is 19.9 Å². The maximum Gasteiger partial charge on any atom is 0.261 e. The molecule has 0 atom stereocenters. The lowest BCUT2D eigenvalue weighted by atomic mass is 10.2. The van der Waals surface area contributed by atoms with Gasteiger partial charge >= 0.3 is 0 Å². The first-order chi connectivity index (χ1) is 8.97. The number of aromatic nitrogens is 3. The Morgan fingerprint density at radius 1 is 1.26 bits per heavy atom. The average molecular weight is 323 g/mol. The maximum absolute atomic E-state index is 11.9. The van der Waals surface area contributed by atoms with Gasteiger partial charge in [-0.2, -0.15) is 5.10 Å². The van der Waals surface area contributed by atoms with Crippen LogP contribution in [0.4, 0.5) is 5.95 Å². The highest BCUT2D eigenvalue weighted by molar-refractivity contribution is 9.10. The molecule has 19 heavy (non-hydrogen) atoms. The van der Waals surface area contributed by atoms with E-state index in [0.29, 0.717) is 15.9 Å². The molecule has 6 nitrogen and oxygen atoms in total. The maximum atomic E-state index is 11.9. The van der Waals surface area contributed by atoms with Crippen molar-refractivity contribution in [1.29, 1.82) is 0 Å². The second-order valence-electron chi connectivity index (χ2n) is 3.92. The van der Waals surface area contributed by atoms with Crippen molar-refractivity contribution < 1.29 is 9.90 Å². The molecule has 0 spiro atoms. The van der Waals surface area contributed by atoms with Crippen molar-refractivity contribution in [2.75, 3.05) is 5.32 Å². The minimum Gasteiger partial charge on any atom is -0.507 e. The normalized spacial score (nSPS) is 10.3. The van der Waals surface area contributed by atoms with Crippen LogP contribution in [0.2, 0.25) is 0 Å². The second kappa shape index (κ2) is 5.31. The monoisotopic (exact) mass is 322 g/mol. The van der Waals surface area contributed by atoms with Crippen LogP contribution in [0.5, 0.6) is 5.75 Å². The fraction of sp³-hybridized carbons (Fsp3) is 0.167. The molecule has 2 aromatic rings. The van der Waals surface area contributed by atoms with Gasteiger partial charge in [0.25, 0.3) is 5.91 Å². The lowest BCUT2D eigenvalue weighted by Gasteiger charge is -2.06. The Hall–Kier alpha value is -2.02. The van der Waals surface area contributed by atoms with Crippen LogP contribution in [0.3, 0.4) is 0 Å². The number of amides is 1. The van der Waals surface area contributed by atoms with Crippen LogP contribution in [0.1, 0.15) is 21.7 Å². The Morgan fingerprint density at radius 2 is 2.00 bits per heavy atom. The summed E-state index contributed by atoms with van der Waals surface area (Å²) in [6.45, 7) is 3.55. The van der Waals surface area contributed by atoms with Gasteiger partial charge in [-0.05, 0) is 32.0 Å². The molecule has 0 radical (unpaired) electrons. The average Bonchev–Trinajstić information content (AvgIpc) is 2.33. The quantitative estimate of drug-likeness (QED) is 0.885.